The van der Waals surface area contributed by atoms with Crippen LogP contribution in [0.15, 0.2) is 192 Å². The minimum atomic E-state index is 0.876. The van der Waals surface area contributed by atoms with Gasteiger partial charge in [0.15, 0.2) is 0 Å². The highest BCUT2D eigenvalue weighted by Crippen LogP contribution is 2.45. The second-order valence-electron chi connectivity index (χ2n) is 13.6. The van der Waals surface area contributed by atoms with Crippen molar-refractivity contribution >= 4 is 92.1 Å². The summed E-state index contributed by atoms with van der Waals surface area (Å²) in [6.07, 6.45) is 0. The Balaban J connectivity index is 1.06. The first kappa shape index (κ1) is 30.0. The Labute approximate surface area is 310 Å². The third-order valence-electron chi connectivity index (χ3n) is 10.7. The molecule has 0 fully saturated rings. The van der Waals surface area contributed by atoms with E-state index >= 15 is 0 Å². The molecule has 2 aromatic heterocycles. The quantitative estimate of drug-likeness (QED) is 0.178. The number of para-hydroxylation sites is 1. The number of rotatable bonds is 5. The third-order valence-corrected chi connectivity index (χ3v) is 11.9. The van der Waals surface area contributed by atoms with E-state index in [-0.39, 0.29) is 0 Å². The van der Waals surface area contributed by atoms with Gasteiger partial charge in [-0.15, -0.1) is 11.3 Å². The van der Waals surface area contributed by atoms with Gasteiger partial charge in [0.25, 0.3) is 0 Å². The summed E-state index contributed by atoms with van der Waals surface area (Å²) in [5.74, 6) is 0. The maximum absolute atomic E-state index is 6.37. The maximum atomic E-state index is 6.37. The zero-order valence-corrected chi connectivity index (χ0v) is 29.5. The number of nitrogens with zero attached hydrogens (tertiary/aromatic N) is 1. The lowest BCUT2D eigenvalue weighted by molar-refractivity contribution is 0.669. The average molecular weight is 694 g/mol. The highest BCUT2D eigenvalue weighted by Gasteiger charge is 2.20. The Hall–Kier alpha value is -6.68. The first-order valence-corrected chi connectivity index (χ1v) is 18.8. The van der Waals surface area contributed by atoms with Gasteiger partial charge in [-0.05, 0) is 86.9 Å². The van der Waals surface area contributed by atoms with Crippen molar-refractivity contribution in [3.63, 3.8) is 0 Å². The predicted octanol–water partition coefficient (Wildman–Crippen LogP) is 15.1. The van der Waals surface area contributed by atoms with E-state index in [2.05, 4.69) is 181 Å². The Morgan fingerprint density at radius 1 is 0.377 bits per heavy atom. The highest BCUT2D eigenvalue weighted by molar-refractivity contribution is 7.26. The van der Waals surface area contributed by atoms with Gasteiger partial charge < -0.3 is 9.32 Å². The lowest BCUT2D eigenvalue weighted by atomic mass is 9.96. The van der Waals surface area contributed by atoms with Crippen LogP contribution in [0.5, 0.6) is 0 Å². The van der Waals surface area contributed by atoms with Crippen molar-refractivity contribution in [2.75, 3.05) is 4.90 Å². The molecular weight excluding hydrogens is 663 g/mol. The van der Waals surface area contributed by atoms with Crippen molar-refractivity contribution in [2.24, 2.45) is 0 Å². The van der Waals surface area contributed by atoms with Crippen molar-refractivity contribution in [3.05, 3.63) is 188 Å². The molecule has 0 amide bonds. The van der Waals surface area contributed by atoms with E-state index < -0.39 is 0 Å². The summed E-state index contributed by atoms with van der Waals surface area (Å²) in [5, 5.41) is 9.94. The molecule has 0 spiro atoms. The Morgan fingerprint density at radius 2 is 0.925 bits per heavy atom. The molecular formula is C50H31NOS. The van der Waals surface area contributed by atoms with Crippen LogP contribution in [0.3, 0.4) is 0 Å². The summed E-state index contributed by atoms with van der Waals surface area (Å²) in [5.41, 5.74) is 9.86. The van der Waals surface area contributed by atoms with Gasteiger partial charge in [0, 0.05) is 42.3 Å². The number of hydrogen-bond donors (Lipinski definition) is 0. The smallest absolute Gasteiger partial charge is 0.137 e. The third kappa shape index (κ3) is 4.78. The van der Waals surface area contributed by atoms with Gasteiger partial charge in [-0.2, -0.15) is 0 Å². The first-order valence-electron chi connectivity index (χ1n) is 18.0. The Bertz CT molecular complexity index is 3160. The zero-order valence-electron chi connectivity index (χ0n) is 28.7. The SMILES string of the molecule is c1ccc2c(-c3ccc(N(c4ccc(-c5cccc6c5ccc5c7ccccc7sc65)cc4)c4cccc5oc6ccccc6c45)cc3)cccc2c1. The second-order valence-corrected chi connectivity index (χ2v) is 14.7. The van der Waals surface area contributed by atoms with Crippen molar-refractivity contribution in [1.29, 1.82) is 0 Å². The molecule has 0 saturated carbocycles. The van der Waals surface area contributed by atoms with E-state index in [1.807, 2.05) is 23.5 Å². The van der Waals surface area contributed by atoms with Crippen molar-refractivity contribution in [3.8, 4) is 22.3 Å². The fraction of sp³-hybridized carbons (Fsp3) is 0. The summed E-state index contributed by atoms with van der Waals surface area (Å²) in [4.78, 5) is 2.37. The van der Waals surface area contributed by atoms with Gasteiger partial charge in [-0.3, -0.25) is 0 Å². The van der Waals surface area contributed by atoms with E-state index in [9.17, 15) is 0 Å². The van der Waals surface area contributed by atoms with Gasteiger partial charge >= 0.3 is 0 Å². The number of anilines is 3. The summed E-state index contributed by atoms with van der Waals surface area (Å²) in [6.45, 7) is 0. The highest BCUT2D eigenvalue weighted by atomic mass is 32.1. The number of thiophene rings is 1. The Kier molecular flexibility index (Phi) is 6.76. The minimum Gasteiger partial charge on any atom is -0.456 e. The van der Waals surface area contributed by atoms with Crippen LogP contribution in [0.2, 0.25) is 0 Å². The van der Waals surface area contributed by atoms with Crippen LogP contribution in [-0.4, -0.2) is 0 Å². The van der Waals surface area contributed by atoms with E-state index in [1.54, 1.807) is 0 Å². The zero-order chi connectivity index (χ0) is 34.9. The largest absolute Gasteiger partial charge is 0.456 e. The van der Waals surface area contributed by atoms with Gasteiger partial charge in [-0.25, -0.2) is 0 Å². The molecule has 0 bridgehead atoms. The monoisotopic (exact) mass is 693 g/mol. The fourth-order valence-electron chi connectivity index (χ4n) is 8.22. The molecule has 0 radical (unpaired) electrons. The molecule has 9 aromatic carbocycles. The minimum absolute atomic E-state index is 0.876. The molecule has 2 heterocycles. The summed E-state index contributed by atoms with van der Waals surface area (Å²) >= 11 is 1.88. The Morgan fingerprint density at radius 3 is 1.72 bits per heavy atom. The standard InChI is InChI=1S/C50H31NOS/c1-2-12-37-32(10-1)11-7-15-38(37)33-22-26-35(27-23-33)51(45-18-9-20-47-49(45)44-14-3-5-19-46(44)52-47)36-28-24-34(25-29-36)39-16-8-17-42-40(39)30-31-43-41-13-4-6-21-48(41)53-50(42)43/h1-31H. The van der Waals surface area contributed by atoms with Gasteiger partial charge in [0.1, 0.15) is 11.2 Å². The van der Waals surface area contributed by atoms with Gasteiger partial charge in [0.05, 0.1) is 11.1 Å². The lowest BCUT2D eigenvalue weighted by Gasteiger charge is -2.27. The molecule has 248 valence electrons. The molecule has 0 unspecified atom stereocenters. The van der Waals surface area contributed by atoms with Crippen LogP contribution >= 0.6 is 11.3 Å². The predicted molar refractivity (Wildman–Crippen MR) is 227 cm³/mol. The summed E-state index contributed by atoms with van der Waals surface area (Å²) in [6, 6.07) is 67.9. The van der Waals surface area contributed by atoms with E-state index in [0.717, 1.165) is 39.0 Å². The molecule has 0 aliphatic carbocycles. The number of furan rings is 1. The van der Waals surface area contributed by atoms with E-state index in [4.69, 9.17) is 4.42 Å². The van der Waals surface area contributed by atoms with Crippen LogP contribution < -0.4 is 4.90 Å². The molecule has 0 aliphatic heterocycles. The van der Waals surface area contributed by atoms with Crippen LogP contribution in [-0.2, 0) is 0 Å². The van der Waals surface area contributed by atoms with E-state index in [0.29, 0.717) is 0 Å². The summed E-state index contributed by atoms with van der Waals surface area (Å²) < 4.78 is 9.05. The molecule has 0 atom stereocenters. The average Bonchev–Trinajstić information content (AvgIpc) is 3.80. The molecule has 2 nitrogen and oxygen atoms in total. The molecule has 11 aromatic rings. The lowest BCUT2D eigenvalue weighted by Crippen LogP contribution is -2.10. The topological polar surface area (TPSA) is 16.4 Å². The molecule has 0 aliphatic rings. The van der Waals surface area contributed by atoms with Gasteiger partial charge in [-0.1, -0.05) is 140 Å². The molecule has 11 rings (SSSR count). The first-order chi connectivity index (χ1) is 26.3. The van der Waals surface area contributed by atoms with Crippen molar-refractivity contribution < 1.29 is 4.42 Å². The molecule has 3 heteroatoms. The van der Waals surface area contributed by atoms with Crippen LogP contribution in [0.25, 0.3) is 85.9 Å². The summed E-state index contributed by atoms with van der Waals surface area (Å²) in [7, 11) is 0. The van der Waals surface area contributed by atoms with Crippen LogP contribution in [0.1, 0.15) is 0 Å². The molecule has 0 N–H and O–H groups in total. The van der Waals surface area contributed by atoms with E-state index in [1.165, 1.54) is 64.0 Å². The second kappa shape index (κ2) is 11.9. The molecule has 53 heavy (non-hydrogen) atoms. The number of fused-ring (bicyclic) bond motifs is 9. The molecule has 0 saturated heterocycles. The maximum Gasteiger partial charge on any atom is 0.137 e. The normalized spacial score (nSPS) is 11.8. The van der Waals surface area contributed by atoms with Crippen molar-refractivity contribution in [1.82, 2.24) is 0 Å². The fourth-order valence-corrected chi connectivity index (χ4v) is 9.45. The van der Waals surface area contributed by atoms with Crippen LogP contribution in [0.4, 0.5) is 17.1 Å². The van der Waals surface area contributed by atoms with Crippen LogP contribution in [0, 0.1) is 0 Å². The van der Waals surface area contributed by atoms with Gasteiger partial charge in [0.2, 0.25) is 0 Å². The van der Waals surface area contributed by atoms with Crippen molar-refractivity contribution in [2.45, 2.75) is 0 Å². The number of benzene rings is 9. The number of hydrogen-bond acceptors (Lipinski definition) is 3.